The van der Waals surface area contributed by atoms with Crippen LogP contribution in [0.1, 0.15) is 54.4 Å². The quantitative estimate of drug-likeness (QED) is 0.803. The Balaban J connectivity index is 2.79. The fourth-order valence-corrected chi connectivity index (χ4v) is 2.58. The summed E-state index contributed by atoms with van der Waals surface area (Å²) < 4.78 is 10.6. The Bertz CT molecular complexity index is 506. The maximum Gasteiger partial charge on any atom is 0.410 e. The van der Waals surface area contributed by atoms with Crippen molar-refractivity contribution >= 4 is 18.2 Å². The van der Waals surface area contributed by atoms with Crippen LogP contribution in [0.15, 0.2) is 0 Å². The second kappa shape index (κ2) is 7.93. The summed E-state index contributed by atoms with van der Waals surface area (Å²) in [4.78, 5) is 36.9. The molecule has 0 aromatic carbocycles. The summed E-state index contributed by atoms with van der Waals surface area (Å²) in [6.45, 7) is 11.1. The second-order valence-corrected chi connectivity index (χ2v) is 8.33. The molecule has 2 amide bonds. The zero-order valence-electron chi connectivity index (χ0n) is 15.9. The van der Waals surface area contributed by atoms with Gasteiger partial charge in [0, 0.05) is 13.1 Å². The first kappa shape index (κ1) is 21.1. The number of carboxylic acids is 1. The molecule has 1 heterocycles. The van der Waals surface area contributed by atoms with E-state index in [0.29, 0.717) is 13.0 Å². The van der Waals surface area contributed by atoms with Crippen LogP contribution in [0.4, 0.5) is 9.59 Å². The molecule has 144 valence electrons. The van der Waals surface area contributed by atoms with Crippen molar-refractivity contribution in [1.29, 1.82) is 0 Å². The van der Waals surface area contributed by atoms with Gasteiger partial charge in [0.25, 0.3) is 0 Å². The molecule has 8 heteroatoms. The van der Waals surface area contributed by atoms with Gasteiger partial charge in [-0.25, -0.2) is 9.59 Å². The van der Waals surface area contributed by atoms with Crippen LogP contribution >= 0.6 is 0 Å². The van der Waals surface area contributed by atoms with Crippen molar-refractivity contribution in [2.75, 3.05) is 13.1 Å². The van der Waals surface area contributed by atoms with Crippen molar-refractivity contribution in [1.82, 2.24) is 10.2 Å². The topological polar surface area (TPSA) is 105 Å². The number of amides is 2. The number of carbonyl (C=O) groups excluding carboxylic acids is 2. The predicted molar refractivity (Wildman–Crippen MR) is 91.3 cm³/mol. The van der Waals surface area contributed by atoms with Gasteiger partial charge < -0.3 is 24.8 Å². The number of piperidine rings is 1. The Hall–Kier alpha value is -1.99. The van der Waals surface area contributed by atoms with E-state index in [1.165, 1.54) is 4.90 Å². The van der Waals surface area contributed by atoms with E-state index < -0.39 is 35.4 Å². The van der Waals surface area contributed by atoms with Crippen LogP contribution in [-0.4, -0.2) is 58.5 Å². The fraction of sp³-hybridized carbons (Fsp3) is 0.824. The second-order valence-electron chi connectivity index (χ2n) is 8.33. The summed E-state index contributed by atoms with van der Waals surface area (Å²) in [5, 5.41) is 11.8. The summed E-state index contributed by atoms with van der Waals surface area (Å²) in [6.07, 6.45) is -0.717. The molecular weight excluding hydrogens is 328 g/mol. The van der Waals surface area contributed by atoms with Crippen molar-refractivity contribution in [3.8, 4) is 0 Å². The van der Waals surface area contributed by atoms with Gasteiger partial charge in [0.15, 0.2) is 0 Å². The third kappa shape index (κ3) is 8.09. The van der Waals surface area contributed by atoms with E-state index in [9.17, 15) is 14.4 Å². The third-order valence-electron chi connectivity index (χ3n) is 3.55. The van der Waals surface area contributed by atoms with Crippen molar-refractivity contribution < 1.29 is 29.0 Å². The molecule has 0 aliphatic carbocycles. The molecular formula is C17H30N2O6. The van der Waals surface area contributed by atoms with Crippen LogP contribution in [0.3, 0.4) is 0 Å². The molecule has 1 saturated heterocycles. The number of carbonyl (C=O) groups is 3. The number of carboxylic acid groups (broad SMARTS) is 1. The lowest BCUT2D eigenvalue weighted by atomic mass is 9.89. The Morgan fingerprint density at radius 1 is 1.08 bits per heavy atom. The molecule has 0 spiro atoms. The molecule has 0 bridgehead atoms. The van der Waals surface area contributed by atoms with Crippen LogP contribution in [0.5, 0.6) is 0 Å². The molecule has 1 rings (SSSR count). The van der Waals surface area contributed by atoms with Crippen LogP contribution < -0.4 is 5.32 Å². The summed E-state index contributed by atoms with van der Waals surface area (Å²) >= 11 is 0. The van der Waals surface area contributed by atoms with Crippen LogP contribution in [-0.2, 0) is 14.3 Å². The minimum Gasteiger partial charge on any atom is -0.481 e. The molecule has 25 heavy (non-hydrogen) atoms. The first-order valence-electron chi connectivity index (χ1n) is 8.46. The maximum absolute atomic E-state index is 12.2. The highest BCUT2D eigenvalue weighted by atomic mass is 16.6. The number of aliphatic carboxylic acids is 1. The number of nitrogens with zero attached hydrogens (tertiary/aromatic N) is 1. The van der Waals surface area contributed by atoms with E-state index in [2.05, 4.69) is 5.32 Å². The predicted octanol–water partition coefficient (Wildman–Crippen LogP) is 2.61. The van der Waals surface area contributed by atoms with Crippen molar-refractivity contribution in [2.24, 2.45) is 5.92 Å². The van der Waals surface area contributed by atoms with E-state index in [0.717, 1.165) is 0 Å². The summed E-state index contributed by atoms with van der Waals surface area (Å²) in [7, 11) is 0. The third-order valence-corrected chi connectivity index (χ3v) is 3.55. The van der Waals surface area contributed by atoms with E-state index in [-0.39, 0.29) is 18.9 Å². The normalized spacial score (nSPS) is 21.4. The first-order chi connectivity index (χ1) is 11.3. The van der Waals surface area contributed by atoms with E-state index >= 15 is 0 Å². The first-order valence-corrected chi connectivity index (χ1v) is 8.46. The number of hydrogen-bond donors (Lipinski definition) is 2. The number of nitrogens with one attached hydrogen (secondary N) is 1. The number of alkyl carbamates (subject to hydrolysis) is 1. The fourth-order valence-electron chi connectivity index (χ4n) is 2.58. The molecule has 8 nitrogen and oxygen atoms in total. The summed E-state index contributed by atoms with van der Waals surface area (Å²) in [6, 6.07) is -0.507. The summed E-state index contributed by atoms with van der Waals surface area (Å²) in [5.74, 6) is -1.21. The smallest absolute Gasteiger partial charge is 0.410 e. The van der Waals surface area contributed by atoms with Gasteiger partial charge in [-0.15, -0.1) is 0 Å². The Morgan fingerprint density at radius 3 is 2.12 bits per heavy atom. The Morgan fingerprint density at radius 2 is 1.64 bits per heavy atom. The minimum atomic E-state index is -0.938. The van der Waals surface area contributed by atoms with Gasteiger partial charge in [0.1, 0.15) is 11.2 Å². The monoisotopic (exact) mass is 358 g/mol. The molecule has 1 fully saturated rings. The zero-order valence-corrected chi connectivity index (χ0v) is 15.9. The van der Waals surface area contributed by atoms with Gasteiger partial charge in [0.05, 0.1) is 12.5 Å². The van der Waals surface area contributed by atoms with Crippen molar-refractivity contribution in [2.45, 2.75) is 71.6 Å². The molecule has 1 aliphatic rings. The lowest BCUT2D eigenvalue weighted by Crippen LogP contribution is -2.55. The lowest BCUT2D eigenvalue weighted by Gasteiger charge is -2.39. The van der Waals surface area contributed by atoms with Crippen molar-refractivity contribution in [3.05, 3.63) is 0 Å². The van der Waals surface area contributed by atoms with Gasteiger partial charge in [-0.05, 0) is 53.9 Å². The van der Waals surface area contributed by atoms with Gasteiger partial charge in [-0.1, -0.05) is 0 Å². The Kier molecular flexibility index (Phi) is 6.68. The molecule has 0 aromatic rings. The summed E-state index contributed by atoms with van der Waals surface area (Å²) in [5.41, 5.74) is -1.28. The molecule has 0 radical (unpaired) electrons. The number of hydrogen-bond acceptors (Lipinski definition) is 5. The van der Waals surface area contributed by atoms with Crippen LogP contribution in [0.2, 0.25) is 0 Å². The van der Waals surface area contributed by atoms with Gasteiger partial charge in [-0.2, -0.15) is 0 Å². The number of rotatable bonds is 3. The van der Waals surface area contributed by atoms with Gasteiger partial charge in [-0.3, -0.25) is 4.79 Å². The minimum absolute atomic E-state index is 0.0807. The lowest BCUT2D eigenvalue weighted by molar-refractivity contribution is -0.138. The van der Waals surface area contributed by atoms with E-state index in [1.807, 2.05) is 0 Å². The molecule has 0 aromatic heterocycles. The van der Waals surface area contributed by atoms with Gasteiger partial charge >= 0.3 is 18.2 Å². The maximum atomic E-state index is 12.2. The molecule has 2 unspecified atom stereocenters. The standard InChI is InChI=1S/C17H30N2O6/c1-16(2,3)24-14(22)18-12-10-19(15(23)25-17(4,5)6)8-7-11(12)9-13(20)21/h11-12H,7-10H2,1-6H3,(H,18,22)(H,20,21). The zero-order chi connectivity index (χ0) is 19.4. The highest BCUT2D eigenvalue weighted by molar-refractivity contribution is 5.71. The van der Waals surface area contributed by atoms with Crippen molar-refractivity contribution in [3.63, 3.8) is 0 Å². The molecule has 2 N–H and O–H groups in total. The average Bonchev–Trinajstić information content (AvgIpc) is 2.35. The van der Waals surface area contributed by atoms with Crippen LogP contribution in [0, 0.1) is 5.92 Å². The largest absolute Gasteiger partial charge is 0.481 e. The number of ether oxygens (including phenoxy) is 2. The SMILES string of the molecule is CC(C)(C)OC(=O)NC1CN(C(=O)OC(C)(C)C)CCC1CC(=O)O. The van der Waals surface area contributed by atoms with Crippen LogP contribution in [0.25, 0.3) is 0 Å². The molecule has 0 saturated carbocycles. The molecule has 2 atom stereocenters. The average molecular weight is 358 g/mol. The Labute approximate surface area is 148 Å². The van der Waals surface area contributed by atoms with Gasteiger partial charge in [0.2, 0.25) is 0 Å². The number of likely N-dealkylation sites (tertiary alicyclic amines) is 1. The van der Waals surface area contributed by atoms with E-state index in [4.69, 9.17) is 14.6 Å². The molecule has 1 aliphatic heterocycles. The highest BCUT2D eigenvalue weighted by Gasteiger charge is 2.36. The highest BCUT2D eigenvalue weighted by Crippen LogP contribution is 2.23. The van der Waals surface area contributed by atoms with E-state index in [1.54, 1.807) is 41.5 Å².